The summed E-state index contributed by atoms with van der Waals surface area (Å²) in [6, 6.07) is -0.298. The Morgan fingerprint density at radius 1 is 1.36 bits per heavy atom. The predicted octanol–water partition coefficient (Wildman–Crippen LogP) is 1.12. The van der Waals surface area contributed by atoms with Crippen molar-refractivity contribution in [1.82, 2.24) is 4.90 Å². The SMILES string of the molecule is CC(C)[C@H](N)C(=O)N1CCC12CCC2. The first kappa shape index (κ1) is 9.97. The first-order valence-corrected chi connectivity index (χ1v) is 5.64. The van der Waals surface area contributed by atoms with Crippen molar-refractivity contribution in [3.8, 4) is 0 Å². The fourth-order valence-electron chi connectivity index (χ4n) is 2.45. The minimum absolute atomic E-state index is 0.172. The van der Waals surface area contributed by atoms with E-state index in [2.05, 4.69) is 0 Å². The fraction of sp³-hybridized carbons (Fsp3) is 0.909. The Labute approximate surface area is 85.6 Å². The van der Waals surface area contributed by atoms with Crippen molar-refractivity contribution in [2.75, 3.05) is 6.54 Å². The molecule has 1 heterocycles. The van der Waals surface area contributed by atoms with Crippen molar-refractivity contribution >= 4 is 5.91 Å². The van der Waals surface area contributed by atoms with Crippen LogP contribution in [-0.2, 0) is 4.79 Å². The number of hydrogen-bond donors (Lipinski definition) is 1. The maximum Gasteiger partial charge on any atom is 0.240 e. The average molecular weight is 196 g/mol. The standard InChI is InChI=1S/C11H20N2O/c1-8(2)9(12)10(14)13-7-6-11(13)4-3-5-11/h8-9H,3-7,12H2,1-2H3/t9-/m0/s1. The van der Waals surface area contributed by atoms with Crippen LogP contribution in [0.25, 0.3) is 0 Å². The van der Waals surface area contributed by atoms with Gasteiger partial charge in [-0.25, -0.2) is 0 Å². The van der Waals surface area contributed by atoms with Gasteiger partial charge in [-0.05, 0) is 31.6 Å². The summed E-state index contributed by atoms with van der Waals surface area (Å²) in [5.74, 6) is 0.422. The molecule has 0 radical (unpaired) electrons. The third-order valence-corrected chi connectivity index (χ3v) is 3.93. The second kappa shape index (κ2) is 3.23. The minimum Gasteiger partial charge on any atom is -0.336 e. The third-order valence-electron chi connectivity index (χ3n) is 3.93. The molecule has 2 fully saturated rings. The summed E-state index contributed by atoms with van der Waals surface area (Å²) in [5, 5.41) is 0. The highest BCUT2D eigenvalue weighted by Gasteiger charge is 2.51. The van der Waals surface area contributed by atoms with E-state index in [0.29, 0.717) is 0 Å². The molecule has 1 amide bonds. The summed E-state index contributed by atoms with van der Waals surface area (Å²) in [6.45, 7) is 4.95. The summed E-state index contributed by atoms with van der Waals surface area (Å²) in [6.07, 6.45) is 4.87. The molecule has 1 atom stereocenters. The number of rotatable bonds is 2. The summed E-state index contributed by atoms with van der Waals surface area (Å²) in [7, 11) is 0. The molecular weight excluding hydrogens is 176 g/mol. The van der Waals surface area contributed by atoms with Gasteiger partial charge in [-0.15, -0.1) is 0 Å². The van der Waals surface area contributed by atoms with Gasteiger partial charge in [-0.2, -0.15) is 0 Å². The van der Waals surface area contributed by atoms with Gasteiger partial charge in [0.15, 0.2) is 0 Å². The lowest BCUT2D eigenvalue weighted by atomic mass is 9.67. The molecule has 14 heavy (non-hydrogen) atoms. The van der Waals surface area contributed by atoms with Crippen LogP contribution in [0.5, 0.6) is 0 Å². The highest BCUT2D eigenvalue weighted by atomic mass is 16.2. The summed E-state index contributed by atoms with van der Waals surface area (Å²) < 4.78 is 0. The number of nitrogens with zero attached hydrogens (tertiary/aromatic N) is 1. The summed E-state index contributed by atoms with van der Waals surface area (Å²) in [5.41, 5.74) is 6.13. The monoisotopic (exact) mass is 196 g/mol. The molecule has 1 saturated carbocycles. The molecule has 2 N–H and O–H groups in total. The molecule has 3 nitrogen and oxygen atoms in total. The van der Waals surface area contributed by atoms with E-state index >= 15 is 0 Å². The van der Waals surface area contributed by atoms with Crippen molar-refractivity contribution in [2.24, 2.45) is 11.7 Å². The molecule has 1 saturated heterocycles. The van der Waals surface area contributed by atoms with Gasteiger partial charge in [0.1, 0.15) is 0 Å². The Morgan fingerprint density at radius 3 is 2.29 bits per heavy atom. The molecule has 0 aromatic carbocycles. The number of carbonyl (C=O) groups is 1. The van der Waals surface area contributed by atoms with Crippen LogP contribution in [0.3, 0.4) is 0 Å². The normalized spacial score (nSPS) is 25.9. The highest BCUT2D eigenvalue weighted by molar-refractivity contribution is 5.83. The molecule has 1 aliphatic carbocycles. The Hall–Kier alpha value is -0.570. The Balaban J connectivity index is 1.98. The highest BCUT2D eigenvalue weighted by Crippen LogP contribution is 2.47. The van der Waals surface area contributed by atoms with Crippen LogP contribution in [0, 0.1) is 5.92 Å². The van der Waals surface area contributed by atoms with Gasteiger partial charge in [0, 0.05) is 12.1 Å². The van der Waals surface area contributed by atoms with E-state index in [1.54, 1.807) is 0 Å². The van der Waals surface area contributed by atoms with Crippen LogP contribution in [0.1, 0.15) is 39.5 Å². The molecular formula is C11H20N2O. The number of likely N-dealkylation sites (tertiary alicyclic amines) is 1. The number of carbonyl (C=O) groups excluding carboxylic acids is 1. The first-order chi connectivity index (χ1) is 6.57. The van der Waals surface area contributed by atoms with Crippen LogP contribution in [0.15, 0.2) is 0 Å². The fourth-order valence-corrected chi connectivity index (χ4v) is 2.45. The van der Waals surface area contributed by atoms with E-state index in [0.717, 1.165) is 6.54 Å². The van der Waals surface area contributed by atoms with E-state index in [-0.39, 0.29) is 23.4 Å². The molecule has 0 aromatic heterocycles. The van der Waals surface area contributed by atoms with E-state index in [1.807, 2.05) is 18.7 Å². The topological polar surface area (TPSA) is 46.3 Å². The zero-order chi connectivity index (χ0) is 10.3. The minimum atomic E-state index is -0.298. The molecule has 0 unspecified atom stereocenters. The number of nitrogens with two attached hydrogens (primary N) is 1. The second-order valence-electron chi connectivity index (χ2n) is 5.09. The molecule has 2 rings (SSSR count). The van der Waals surface area contributed by atoms with Crippen molar-refractivity contribution in [2.45, 2.75) is 51.1 Å². The van der Waals surface area contributed by atoms with Crippen LogP contribution in [0.4, 0.5) is 0 Å². The maximum atomic E-state index is 12.0. The molecule has 0 aromatic rings. The lowest BCUT2D eigenvalue weighted by Gasteiger charge is -2.59. The Bertz CT molecular complexity index is 240. The third kappa shape index (κ3) is 1.26. The van der Waals surface area contributed by atoms with E-state index < -0.39 is 0 Å². The van der Waals surface area contributed by atoms with E-state index in [1.165, 1.54) is 25.7 Å². The first-order valence-electron chi connectivity index (χ1n) is 5.64. The zero-order valence-electron chi connectivity index (χ0n) is 9.12. The molecule has 1 aliphatic heterocycles. The van der Waals surface area contributed by atoms with Gasteiger partial charge in [0.2, 0.25) is 5.91 Å². The van der Waals surface area contributed by atoms with E-state index in [4.69, 9.17) is 5.73 Å². The quantitative estimate of drug-likeness (QED) is 0.719. The summed E-state index contributed by atoms with van der Waals surface area (Å²) >= 11 is 0. The van der Waals surface area contributed by atoms with E-state index in [9.17, 15) is 4.79 Å². The van der Waals surface area contributed by atoms with Crippen LogP contribution < -0.4 is 5.73 Å². The number of amides is 1. The largest absolute Gasteiger partial charge is 0.336 e. The molecule has 80 valence electrons. The maximum absolute atomic E-state index is 12.0. The van der Waals surface area contributed by atoms with Gasteiger partial charge in [0.05, 0.1) is 6.04 Å². The van der Waals surface area contributed by atoms with Gasteiger partial charge < -0.3 is 10.6 Å². The van der Waals surface area contributed by atoms with Crippen molar-refractivity contribution < 1.29 is 4.79 Å². The van der Waals surface area contributed by atoms with Gasteiger partial charge in [-0.1, -0.05) is 13.8 Å². The van der Waals surface area contributed by atoms with Crippen molar-refractivity contribution in [3.05, 3.63) is 0 Å². The average Bonchev–Trinajstić information content (AvgIpc) is 1.97. The van der Waals surface area contributed by atoms with Gasteiger partial charge in [0.25, 0.3) is 0 Å². The molecule has 2 aliphatic rings. The molecule has 0 bridgehead atoms. The predicted molar refractivity (Wildman–Crippen MR) is 55.7 cm³/mol. The van der Waals surface area contributed by atoms with Crippen LogP contribution in [-0.4, -0.2) is 28.9 Å². The number of hydrogen-bond acceptors (Lipinski definition) is 2. The van der Waals surface area contributed by atoms with Crippen molar-refractivity contribution in [1.29, 1.82) is 0 Å². The smallest absolute Gasteiger partial charge is 0.240 e. The van der Waals surface area contributed by atoms with Crippen molar-refractivity contribution in [3.63, 3.8) is 0 Å². The molecule has 3 heteroatoms. The second-order valence-corrected chi connectivity index (χ2v) is 5.09. The zero-order valence-corrected chi connectivity index (χ0v) is 9.12. The van der Waals surface area contributed by atoms with Gasteiger partial charge >= 0.3 is 0 Å². The van der Waals surface area contributed by atoms with Crippen LogP contribution >= 0.6 is 0 Å². The lowest BCUT2D eigenvalue weighted by Crippen LogP contribution is -2.68. The Morgan fingerprint density at radius 2 is 2.00 bits per heavy atom. The Kier molecular flexibility index (Phi) is 2.30. The lowest BCUT2D eigenvalue weighted by molar-refractivity contribution is -0.158. The van der Waals surface area contributed by atoms with Gasteiger partial charge in [-0.3, -0.25) is 4.79 Å². The molecule has 1 spiro atoms. The van der Waals surface area contributed by atoms with Crippen LogP contribution in [0.2, 0.25) is 0 Å². The summed E-state index contributed by atoms with van der Waals surface area (Å²) in [4.78, 5) is 14.0.